The molecule has 2 aromatic carbocycles. The second-order valence-corrected chi connectivity index (χ2v) is 6.18. The maximum Gasteiger partial charge on any atom is 0.137 e. The van der Waals surface area contributed by atoms with Gasteiger partial charge in [0.2, 0.25) is 0 Å². The van der Waals surface area contributed by atoms with E-state index in [2.05, 4.69) is 0 Å². The molecule has 0 aromatic heterocycles. The zero-order valence-corrected chi connectivity index (χ0v) is 12.8. The molecule has 20 heavy (non-hydrogen) atoms. The fourth-order valence-corrected chi connectivity index (χ4v) is 3.17. The Balaban J connectivity index is 2.30. The van der Waals surface area contributed by atoms with Crippen molar-refractivity contribution in [1.82, 2.24) is 0 Å². The van der Waals surface area contributed by atoms with Crippen LogP contribution in [-0.4, -0.2) is 6.04 Å². The SMILES string of the molecule is CCC(N)Cc1cccc(F)c1Sc1cccc(Cl)c1. The number of benzene rings is 2. The first-order valence-corrected chi connectivity index (χ1v) is 7.76. The summed E-state index contributed by atoms with van der Waals surface area (Å²) in [6, 6.07) is 12.6. The molecule has 0 spiro atoms. The summed E-state index contributed by atoms with van der Waals surface area (Å²) < 4.78 is 14.1. The molecule has 2 N–H and O–H groups in total. The van der Waals surface area contributed by atoms with Crippen molar-refractivity contribution in [2.45, 2.75) is 35.6 Å². The molecular weight excluding hydrogens is 293 g/mol. The van der Waals surface area contributed by atoms with E-state index in [0.29, 0.717) is 16.3 Å². The van der Waals surface area contributed by atoms with Crippen molar-refractivity contribution in [1.29, 1.82) is 0 Å². The normalized spacial score (nSPS) is 12.4. The molecule has 2 rings (SSSR count). The highest BCUT2D eigenvalue weighted by molar-refractivity contribution is 7.99. The van der Waals surface area contributed by atoms with Crippen molar-refractivity contribution in [3.8, 4) is 0 Å². The first-order valence-electron chi connectivity index (χ1n) is 6.56. The van der Waals surface area contributed by atoms with Gasteiger partial charge in [0.05, 0.1) is 4.90 Å². The fourth-order valence-electron chi connectivity index (χ4n) is 1.90. The van der Waals surface area contributed by atoms with Gasteiger partial charge in [0, 0.05) is 16.0 Å². The first kappa shape index (κ1) is 15.4. The van der Waals surface area contributed by atoms with E-state index in [4.69, 9.17) is 17.3 Å². The van der Waals surface area contributed by atoms with E-state index in [1.807, 2.05) is 31.2 Å². The molecule has 1 unspecified atom stereocenters. The van der Waals surface area contributed by atoms with Crippen LogP contribution >= 0.6 is 23.4 Å². The van der Waals surface area contributed by atoms with Gasteiger partial charge < -0.3 is 5.73 Å². The highest BCUT2D eigenvalue weighted by Gasteiger charge is 2.12. The molecule has 0 bridgehead atoms. The Bertz CT molecular complexity index is 588. The van der Waals surface area contributed by atoms with E-state index in [1.165, 1.54) is 17.8 Å². The summed E-state index contributed by atoms with van der Waals surface area (Å²) in [5.41, 5.74) is 6.94. The van der Waals surface area contributed by atoms with Crippen LogP contribution in [0.15, 0.2) is 52.3 Å². The van der Waals surface area contributed by atoms with E-state index >= 15 is 0 Å². The second kappa shape index (κ2) is 7.11. The third-order valence-electron chi connectivity index (χ3n) is 3.07. The molecule has 0 heterocycles. The van der Waals surface area contributed by atoms with Crippen LogP contribution < -0.4 is 5.73 Å². The molecule has 2 aromatic rings. The number of rotatable bonds is 5. The molecule has 1 atom stereocenters. The van der Waals surface area contributed by atoms with Gasteiger partial charge in [-0.1, -0.05) is 48.5 Å². The molecule has 0 radical (unpaired) electrons. The molecular formula is C16H17ClFNS. The van der Waals surface area contributed by atoms with Crippen LogP contribution in [0.2, 0.25) is 5.02 Å². The molecule has 0 fully saturated rings. The smallest absolute Gasteiger partial charge is 0.137 e. The third kappa shape index (κ3) is 3.98. The van der Waals surface area contributed by atoms with Crippen LogP contribution in [0.1, 0.15) is 18.9 Å². The van der Waals surface area contributed by atoms with Gasteiger partial charge in [0.25, 0.3) is 0 Å². The largest absolute Gasteiger partial charge is 0.327 e. The first-order chi connectivity index (χ1) is 9.60. The van der Waals surface area contributed by atoms with E-state index in [-0.39, 0.29) is 11.9 Å². The number of hydrogen-bond acceptors (Lipinski definition) is 2. The van der Waals surface area contributed by atoms with Gasteiger partial charge in [-0.15, -0.1) is 0 Å². The molecule has 1 nitrogen and oxygen atoms in total. The van der Waals surface area contributed by atoms with Gasteiger partial charge in [-0.25, -0.2) is 4.39 Å². The topological polar surface area (TPSA) is 26.0 Å². The second-order valence-electron chi connectivity index (χ2n) is 4.66. The van der Waals surface area contributed by atoms with Crippen molar-refractivity contribution >= 4 is 23.4 Å². The lowest BCUT2D eigenvalue weighted by Gasteiger charge is -2.14. The standard InChI is InChI=1S/C16H17ClFNS/c1-2-13(19)9-11-5-3-8-15(18)16(11)20-14-7-4-6-12(17)10-14/h3-8,10,13H,2,9,19H2,1H3. The molecule has 4 heteroatoms. The Morgan fingerprint density at radius 2 is 2.00 bits per heavy atom. The maximum atomic E-state index is 14.1. The summed E-state index contributed by atoms with van der Waals surface area (Å²) in [6.07, 6.45) is 1.55. The zero-order chi connectivity index (χ0) is 14.5. The monoisotopic (exact) mass is 309 g/mol. The maximum absolute atomic E-state index is 14.1. The van der Waals surface area contributed by atoms with Gasteiger partial charge in [-0.05, 0) is 42.7 Å². The lowest BCUT2D eigenvalue weighted by Crippen LogP contribution is -2.21. The number of hydrogen-bond donors (Lipinski definition) is 1. The van der Waals surface area contributed by atoms with E-state index in [0.717, 1.165) is 16.9 Å². The Kier molecular flexibility index (Phi) is 5.46. The van der Waals surface area contributed by atoms with Crippen LogP contribution in [0.5, 0.6) is 0 Å². The fraction of sp³-hybridized carbons (Fsp3) is 0.250. The Morgan fingerprint density at radius 3 is 2.70 bits per heavy atom. The minimum atomic E-state index is -0.212. The van der Waals surface area contributed by atoms with E-state index < -0.39 is 0 Å². The summed E-state index contributed by atoms with van der Waals surface area (Å²) >= 11 is 7.36. The Morgan fingerprint density at radius 1 is 1.25 bits per heavy atom. The summed E-state index contributed by atoms with van der Waals surface area (Å²) in [7, 11) is 0. The Labute approximate surface area is 128 Å². The van der Waals surface area contributed by atoms with Gasteiger partial charge in [0.1, 0.15) is 5.82 Å². The van der Waals surface area contributed by atoms with E-state index in [9.17, 15) is 4.39 Å². The van der Waals surface area contributed by atoms with Crippen molar-refractivity contribution in [2.75, 3.05) is 0 Å². The van der Waals surface area contributed by atoms with Gasteiger partial charge in [-0.3, -0.25) is 0 Å². The third-order valence-corrected chi connectivity index (χ3v) is 4.46. The van der Waals surface area contributed by atoms with Gasteiger partial charge >= 0.3 is 0 Å². The molecule has 0 aliphatic carbocycles. The summed E-state index contributed by atoms with van der Waals surface area (Å²) in [5.74, 6) is -0.212. The van der Waals surface area contributed by atoms with Crippen molar-refractivity contribution < 1.29 is 4.39 Å². The number of nitrogens with two attached hydrogens (primary N) is 1. The average Bonchev–Trinajstić information content (AvgIpc) is 2.42. The molecule has 0 aliphatic heterocycles. The van der Waals surface area contributed by atoms with Crippen LogP contribution in [0, 0.1) is 5.82 Å². The minimum Gasteiger partial charge on any atom is -0.327 e. The lowest BCUT2D eigenvalue weighted by atomic mass is 10.0. The van der Waals surface area contributed by atoms with Crippen LogP contribution in [0.3, 0.4) is 0 Å². The molecule has 0 saturated heterocycles. The van der Waals surface area contributed by atoms with Gasteiger partial charge in [0.15, 0.2) is 0 Å². The molecule has 0 saturated carbocycles. The van der Waals surface area contributed by atoms with Gasteiger partial charge in [-0.2, -0.15) is 0 Å². The summed E-state index contributed by atoms with van der Waals surface area (Å²) in [6.45, 7) is 2.04. The highest BCUT2D eigenvalue weighted by atomic mass is 35.5. The van der Waals surface area contributed by atoms with Crippen LogP contribution in [0.4, 0.5) is 4.39 Å². The number of halogens is 2. The van der Waals surface area contributed by atoms with E-state index in [1.54, 1.807) is 12.1 Å². The summed E-state index contributed by atoms with van der Waals surface area (Å²) in [4.78, 5) is 1.56. The lowest BCUT2D eigenvalue weighted by molar-refractivity contribution is 0.585. The zero-order valence-electron chi connectivity index (χ0n) is 11.3. The Hall–Kier alpha value is -1.03. The van der Waals surface area contributed by atoms with Crippen molar-refractivity contribution in [2.24, 2.45) is 5.73 Å². The molecule has 0 aliphatic rings. The summed E-state index contributed by atoms with van der Waals surface area (Å²) in [5, 5.41) is 0.651. The predicted octanol–water partition coefficient (Wildman–Crippen LogP) is 4.91. The predicted molar refractivity (Wildman–Crippen MR) is 83.9 cm³/mol. The van der Waals surface area contributed by atoms with Crippen molar-refractivity contribution in [3.05, 3.63) is 58.9 Å². The van der Waals surface area contributed by atoms with Crippen LogP contribution in [0.25, 0.3) is 0 Å². The van der Waals surface area contributed by atoms with Crippen molar-refractivity contribution in [3.63, 3.8) is 0 Å². The molecule has 106 valence electrons. The highest BCUT2D eigenvalue weighted by Crippen LogP contribution is 2.34. The molecule has 0 amide bonds. The minimum absolute atomic E-state index is 0.0514. The quantitative estimate of drug-likeness (QED) is 0.849. The van der Waals surface area contributed by atoms with Crippen LogP contribution in [-0.2, 0) is 6.42 Å². The average molecular weight is 310 g/mol.